The van der Waals surface area contributed by atoms with Crippen molar-refractivity contribution in [3.63, 3.8) is 0 Å². The van der Waals surface area contributed by atoms with Crippen LogP contribution in [0.15, 0.2) is 53.8 Å². The molecule has 2 fully saturated rings. The van der Waals surface area contributed by atoms with E-state index in [0.717, 1.165) is 42.3 Å². The maximum Gasteiger partial charge on any atom is 0.266 e. The van der Waals surface area contributed by atoms with Gasteiger partial charge in [0.1, 0.15) is 5.82 Å². The zero-order chi connectivity index (χ0) is 18.9. The molecule has 28 heavy (non-hydrogen) atoms. The molecule has 7 heteroatoms. The lowest BCUT2D eigenvalue weighted by atomic mass is 9.99. The minimum Gasteiger partial charge on any atom is -0.298 e. The Morgan fingerprint density at radius 2 is 1.86 bits per heavy atom. The molecule has 1 aliphatic heterocycles. The molecule has 0 bridgehead atoms. The highest BCUT2D eigenvalue weighted by Gasteiger charge is 2.29. The zero-order valence-corrected chi connectivity index (χ0v) is 15.6. The van der Waals surface area contributed by atoms with Crippen molar-refractivity contribution in [2.75, 3.05) is 13.1 Å². The molecule has 1 saturated carbocycles. The molecular weight excluding hydrogens is 352 g/mol. The molecule has 0 radical (unpaired) electrons. The van der Waals surface area contributed by atoms with Gasteiger partial charge in [-0.05, 0) is 31.0 Å². The van der Waals surface area contributed by atoms with E-state index in [-0.39, 0.29) is 5.56 Å². The maximum absolute atomic E-state index is 12.2. The van der Waals surface area contributed by atoms with Crippen LogP contribution in [-0.2, 0) is 13.1 Å². The zero-order valence-electron chi connectivity index (χ0n) is 15.6. The van der Waals surface area contributed by atoms with Crippen LogP contribution in [0.25, 0.3) is 11.3 Å². The highest BCUT2D eigenvalue weighted by atomic mass is 16.1. The Morgan fingerprint density at radius 1 is 1.04 bits per heavy atom. The molecule has 0 aromatic carbocycles. The summed E-state index contributed by atoms with van der Waals surface area (Å²) in [4.78, 5) is 27.7. The number of aromatic nitrogens is 5. The van der Waals surface area contributed by atoms with Gasteiger partial charge in [-0.3, -0.25) is 14.7 Å². The highest BCUT2D eigenvalue weighted by molar-refractivity contribution is 5.56. The minimum absolute atomic E-state index is 0.0600. The van der Waals surface area contributed by atoms with E-state index in [4.69, 9.17) is 0 Å². The molecular formula is C21H22N6O. The Hall–Kier alpha value is -2.93. The predicted octanol–water partition coefficient (Wildman–Crippen LogP) is 2.10. The molecule has 5 rings (SSSR count). The fourth-order valence-corrected chi connectivity index (χ4v) is 3.67. The molecule has 2 aliphatic rings. The van der Waals surface area contributed by atoms with Crippen LogP contribution in [0.4, 0.5) is 0 Å². The van der Waals surface area contributed by atoms with Crippen LogP contribution in [0.2, 0.25) is 0 Å². The lowest BCUT2D eigenvalue weighted by Gasteiger charge is -2.39. The summed E-state index contributed by atoms with van der Waals surface area (Å²) in [6.07, 6.45) is 9.85. The molecule has 3 aromatic rings. The summed E-state index contributed by atoms with van der Waals surface area (Å²) in [5.41, 5.74) is 2.78. The van der Waals surface area contributed by atoms with E-state index in [2.05, 4.69) is 25.0 Å². The van der Waals surface area contributed by atoms with Gasteiger partial charge in [0.05, 0.1) is 12.2 Å². The largest absolute Gasteiger partial charge is 0.298 e. The second-order valence-electron chi connectivity index (χ2n) is 7.76. The van der Waals surface area contributed by atoms with E-state index in [9.17, 15) is 4.79 Å². The Bertz CT molecular complexity index is 1010. The number of nitrogens with zero attached hydrogens (tertiary/aromatic N) is 6. The monoisotopic (exact) mass is 374 g/mol. The maximum atomic E-state index is 12.2. The van der Waals surface area contributed by atoms with Crippen LogP contribution >= 0.6 is 0 Å². The van der Waals surface area contributed by atoms with Crippen LogP contribution in [0.3, 0.4) is 0 Å². The van der Waals surface area contributed by atoms with E-state index in [1.165, 1.54) is 12.8 Å². The number of likely N-dealkylation sites (tertiary alicyclic amines) is 1. The van der Waals surface area contributed by atoms with E-state index < -0.39 is 0 Å². The molecule has 3 aromatic heterocycles. The van der Waals surface area contributed by atoms with Crippen molar-refractivity contribution in [1.29, 1.82) is 0 Å². The summed E-state index contributed by atoms with van der Waals surface area (Å²) in [6, 6.07) is 7.17. The Kier molecular flexibility index (Phi) is 4.44. The average Bonchev–Trinajstić information content (AvgIpc) is 3.54. The normalized spacial score (nSPS) is 17.4. The van der Waals surface area contributed by atoms with E-state index in [1.54, 1.807) is 29.2 Å². The number of pyridine rings is 1. The molecule has 0 amide bonds. The Balaban J connectivity index is 1.18. The number of hydrogen-bond donors (Lipinski definition) is 0. The lowest BCUT2D eigenvalue weighted by molar-refractivity contribution is 0.0765. The van der Waals surface area contributed by atoms with Gasteiger partial charge in [0.25, 0.3) is 5.56 Å². The topological polar surface area (TPSA) is 76.8 Å². The third kappa shape index (κ3) is 3.71. The molecule has 4 heterocycles. The van der Waals surface area contributed by atoms with Crippen molar-refractivity contribution in [2.24, 2.45) is 5.92 Å². The molecule has 1 saturated heterocycles. The lowest BCUT2D eigenvalue weighted by Crippen LogP contribution is -2.48. The first-order chi connectivity index (χ1) is 13.7. The molecule has 0 atom stereocenters. The van der Waals surface area contributed by atoms with E-state index in [0.29, 0.717) is 18.4 Å². The smallest absolute Gasteiger partial charge is 0.266 e. The van der Waals surface area contributed by atoms with Crippen molar-refractivity contribution >= 4 is 0 Å². The van der Waals surface area contributed by atoms with Gasteiger partial charge in [-0.2, -0.15) is 5.10 Å². The Morgan fingerprint density at radius 3 is 2.57 bits per heavy atom. The van der Waals surface area contributed by atoms with Crippen LogP contribution in [0, 0.1) is 5.92 Å². The summed E-state index contributed by atoms with van der Waals surface area (Å²) in [6.45, 7) is 3.41. The van der Waals surface area contributed by atoms with Crippen molar-refractivity contribution in [3.05, 3.63) is 70.8 Å². The van der Waals surface area contributed by atoms with Gasteiger partial charge >= 0.3 is 0 Å². The van der Waals surface area contributed by atoms with Crippen LogP contribution in [-0.4, -0.2) is 42.7 Å². The van der Waals surface area contributed by atoms with Gasteiger partial charge < -0.3 is 0 Å². The SMILES string of the molecule is O=c1ccc(-c2cccnc2)nn1CC1CN(Cc2cnc(C3CC3)nc2)C1. The first kappa shape index (κ1) is 17.2. The second-order valence-corrected chi connectivity index (χ2v) is 7.76. The number of hydrogen-bond acceptors (Lipinski definition) is 6. The predicted molar refractivity (Wildman–Crippen MR) is 105 cm³/mol. The van der Waals surface area contributed by atoms with Gasteiger partial charge in [0.2, 0.25) is 0 Å². The summed E-state index contributed by atoms with van der Waals surface area (Å²) in [5, 5.41) is 4.53. The first-order valence-electron chi connectivity index (χ1n) is 9.76. The third-order valence-electron chi connectivity index (χ3n) is 5.36. The summed E-state index contributed by atoms with van der Waals surface area (Å²) in [7, 11) is 0. The standard InChI is InChI=1S/C21H22N6O/c28-20-6-5-19(18-2-1-7-22-10-18)25-27(20)14-16-12-26(13-16)11-15-8-23-21(24-9-15)17-3-4-17/h1-2,5-10,16-17H,3-4,11-14H2. The summed E-state index contributed by atoms with van der Waals surface area (Å²) in [5.74, 6) is 2.01. The first-order valence-corrected chi connectivity index (χ1v) is 9.76. The van der Waals surface area contributed by atoms with Crippen LogP contribution in [0.1, 0.15) is 30.1 Å². The van der Waals surface area contributed by atoms with Gasteiger partial charge in [0.15, 0.2) is 0 Å². The molecule has 0 N–H and O–H groups in total. The van der Waals surface area contributed by atoms with Crippen LogP contribution in [0.5, 0.6) is 0 Å². The van der Waals surface area contributed by atoms with Gasteiger partial charge in [-0.25, -0.2) is 14.6 Å². The van der Waals surface area contributed by atoms with Crippen molar-refractivity contribution in [1.82, 2.24) is 29.6 Å². The van der Waals surface area contributed by atoms with Crippen molar-refractivity contribution in [3.8, 4) is 11.3 Å². The van der Waals surface area contributed by atoms with Gasteiger partial charge in [-0.15, -0.1) is 0 Å². The van der Waals surface area contributed by atoms with E-state index >= 15 is 0 Å². The van der Waals surface area contributed by atoms with Crippen molar-refractivity contribution in [2.45, 2.75) is 31.8 Å². The molecule has 0 unspecified atom stereocenters. The fraction of sp³-hybridized carbons (Fsp3) is 0.381. The molecule has 7 nitrogen and oxygen atoms in total. The van der Waals surface area contributed by atoms with E-state index in [1.807, 2.05) is 24.5 Å². The van der Waals surface area contributed by atoms with Gasteiger partial charge in [0, 0.05) is 73.5 Å². The van der Waals surface area contributed by atoms with Gasteiger partial charge in [-0.1, -0.05) is 0 Å². The van der Waals surface area contributed by atoms with Crippen molar-refractivity contribution < 1.29 is 0 Å². The Labute approximate surface area is 163 Å². The molecule has 142 valence electrons. The minimum atomic E-state index is -0.0600. The van der Waals surface area contributed by atoms with Crippen LogP contribution < -0.4 is 5.56 Å². The molecule has 0 spiro atoms. The quantitative estimate of drug-likeness (QED) is 0.658. The highest BCUT2D eigenvalue weighted by Crippen LogP contribution is 2.37. The fourth-order valence-electron chi connectivity index (χ4n) is 3.67. The third-order valence-corrected chi connectivity index (χ3v) is 5.36. The second kappa shape index (κ2) is 7.24. The number of rotatable bonds is 6. The summed E-state index contributed by atoms with van der Waals surface area (Å²) >= 11 is 0. The average molecular weight is 374 g/mol. The molecule has 1 aliphatic carbocycles. The summed E-state index contributed by atoms with van der Waals surface area (Å²) < 4.78 is 1.58.